The number of piperazine rings is 1. The molecule has 0 spiro atoms. The number of hydrogen-bond acceptors (Lipinski definition) is 4. The zero-order valence-electron chi connectivity index (χ0n) is 13.4. The first kappa shape index (κ1) is 16.0. The molecule has 2 amide bonds. The number of carbonyl (C=O) groups is 1. The molecule has 1 N–H and O–H groups in total. The van der Waals surface area contributed by atoms with Gasteiger partial charge in [-0.25, -0.2) is 4.79 Å². The van der Waals surface area contributed by atoms with E-state index in [1.807, 2.05) is 18.2 Å². The van der Waals surface area contributed by atoms with Gasteiger partial charge in [-0.05, 0) is 24.3 Å². The lowest BCUT2D eigenvalue weighted by atomic mass is 10.2. The van der Waals surface area contributed by atoms with Gasteiger partial charge in [0.2, 0.25) is 0 Å². The molecule has 0 aliphatic carbocycles. The number of nitriles is 1. The predicted octanol–water partition coefficient (Wildman–Crippen LogP) is 2.30. The van der Waals surface area contributed by atoms with Gasteiger partial charge < -0.3 is 10.2 Å². The van der Waals surface area contributed by atoms with Crippen LogP contribution in [-0.2, 0) is 6.54 Å². The second kappa shape index (κ2) is 7.57. The largest absolute Gasteiger partial charge is 0.322 e. The van der Waals surface area contributed by atoms with Crippen molar-refractivity contribution in [2.24, 2.45) is 0 Å². The Bertz CT molecular complexity index is 733. The first-order valence-corrected chi connectivity index (χ1v) is 7.93. The van der Waals surface area contributed by atoms with Gasteiger partial charge in [0.05, 0.1) is 16.9 Å². The van der Waals surface area contributed by atoms with Crippen molar-refractivity contribution in [1.29, 1.82) is 5.26 Å². The lowest BCUT2D eigenvalue weighted by Crippen LogP contribution is -2.49. The molecular formula is C18H19N5O. The lowest BCUT2D eigenvalue weighted by Gasteiger charge is -2.34. The number of para-hydroxylation sites is 1. The fraction of sp³-hybridized carbons (Fsp3) is 0.278. The van der Waals surface area contributed by atoms with E-state index in [2.05, 4.69) is 21.3 Å². The van der Waals surface area contributed by atoms with E-state index in [1.165, 1.54) is 0 Å². The Kier molecular flexibility index (Phi) is 5.04. The minimum absolute atomic E-state index is 0.157. The Morgan fingerprint density at radius 2 is 1.88 bits per heavy atom. The molecular weight excluding hydrogens is 302 g/mol. The molecule has 0 atom stereocenters. The zero-order valence-corrected chi connectivity index (χ0v) is 13.4. The number of rotatable bonds is 3. The van der Waals surface area contributed by atoms with Gasteiger partial charge in [0.1, 0.15) is 6.07 Å². The highest BCUT2D eigenvalue weighted by atomic mass is 16.2. The number of benzene rings is 1. The van der Waals surface area contributed by atoms with Gasteiger partial charge in [-0.3, -0.25) is 9.88 Å². The molecule has 0 radical (unpaired) electrons. The summed E-state index contributed by atoms with van der Waals surface area (Å²) in [7, 11) is 0. The molecule has 3 rings (SSSR count). The Morgan fingerprint density at radius 3 is 2.58 bits per heavy atom. The summed E-state index contributed by atoms with van der Waals surface area (Å²) in [4.78, 5) is 20.8. The third-order valence-electron chi connectivity index (χ3n) is 4.06. The van der Waals surface area contributed by atoms with Gasteiger partial charge >= 0.3 is 6.03 Å². The van der Waals surface area contributed by atoms with Gasteiger partial charge in [0.15, 0.2) is 0 Å². The Labute approximate surface area is 141 Å². The van der Waals surface area contributed by atoms with Crippen molar-refractivity contribution >= 4 is 11.7 Å². The maximum absolute atomic E-state index is 12.4. The average molecular weight is 321 g/mol. The van der Waals surface area contributed by atoms with Crippen LogP contribution in [0.25, 0.3) is 0 Å². The number of carbonyl (C=O) groups excluding carboxylic acids is 1. The second-order valence-corrected chi connectivity index (χ2v) is 5.67. The summed E-state index contributed by atoms with van der Waals surface area (Å²) in [6.45, 7) is 3.74. The Balaban J connectivity index is 1.53. The molecule has 1 aromatic heterocycles. The standard InChI is InChI=1S/C18H19N5O/c19-13-15-5-1-2-7-17(15)21-18(24)23-11-9-22(10-12-23)14-16-6-3-4-8-20-16/h1-8H,9-12,14H2,(H,21,24). The van der Waals surface area contributed by atoms with Gasteiger partial charge in [-0.2, -0.15) is 5.26 Å². The highest BCUT2D eigenvalue weighted by Crippen LogP contribution is 2.15. The maximum Gasteiger partial charge on any atom is 0.321 e. The highest BCUT2D eigenvalue weighted by molar-refractivity contribution is 5.90. The molecule has 6 heteroatoms. The van der Waals surface area contributed by atoms with E-state index < -0.39 is 0 Å². The summed E-state index contributed by atoms with van der Waals surface area (Å²) in [5.41, 5.74) is 2.07. The van der Waals surface area contributed by atoms with Crippen LogP contribution in [-0.4, -0.2) is 47.0 Å². The van der Waals surface area contributed by atoms with Crippen LogP contribution < -0.4 is 5.32 Å². The van der Waals surface area contributed by atoms with Gasteiger partial charge in [-0.15, -0.1) is 0 Å². The number of anilines is 1. The van der Waals surface area contributed by atoms with E-state index >= 15 is 0 Å². The number of nitrogens with one attached hydrogen (secondary N) is 1. The molecule has 1 aliphatic heterocycles. The summed E-state index contributed by atoms with van der Waals surface area (Å²) >= 11 is 0. The number of aromatic nitrogens is 1. The van der Waals surface area contributed by atoms with E-state index in [0.29, 0.717) is 24.3 Å². The summed E-state index contributed by atoms with van der Waals surface area (Å²) in [6.07, 6.45) is 1.80. The van der Waals surface area contributed by atoms with Gasteiger partial charge in [0, 0.05) is 38.9 Å². The fourth-order valence-electron chi connectivity index (χ4n) is 2.71. The van der Waals surface area contributed by atoms with E-state index in [1.54, 1.807) is 35.4 Å². The minimum atomic E-state index is -0.157. The molecule has 0 bridgehead atoms. The van der Waals surface area contributed by atoms with Gasteiger partial charge in [-0.1, -0.05) is 18.2 Å². The van der Waals surface area contributed by atoms with Crippen LogP contribution in [0.5, 0.6) is 0 Å². The summed E-state index contributed by atoms with van der Waals surface area (Å²) in [5, 5.41) is 11.9. The summed E-state index contributed by atoms with van der Waals surface area (Å²) in [5.74, 6) is 0. The first-order chi connectivity index (χ1) is 11.8. The third kappa shape index (κ3) is 3.89. The fourth-order valence-corrected chi connectivity index (χ4v) is 2.71. The third-order valence-corrected chi connectivity index (χ3v) is 4.06. The van der Waals surface area contributed by atoms with Crippen molar-refractivity contribution in [2.75, 3.05) is 31.5 Å². The number of urea groups is 1. The molecule has 1 saturated heterocycles. The van der Waals surface area contributed by atoms with Crippen molar-refractivity contribution in [2.45, 2.75) is 6.54 Å². The van der Waals surface area contributed by atoms with Crippen LogP contribution in [0.15, 0.2) is 48.7 Å². The van der Waals surface area contributed by atoms with E-state index in [9.17, 15) is 4.79 Å². The van der Waals surface area contributed by atoms with Crippen LogP contribution in [0.2, 0.25) is 0 Å². The smallest absolute Gasteiger partial charge is 0.321 e. The van der Waals surface area contributed by atoms with Crippen LogP contribution in [0.4, 0.5) is 10.5 Å². The summed E-state index contributed by atoms with van der Waals surface area (Å²) < 4.78 is 0. The van der Waals surface area contributed by atoms with Crippen molar-refractivity contribution < 1.29 is 4.79 Å². The quantitative estimate of drug-likeness (QED) is 0.941. The molecule has 1 aliphatic rings. The van der Waals surface area contributed by atoms with Crippen molar-refractivity contribution in [3.63, 3.8) is 0 Å². The number of hydrogen-bond donors (Lipinski definition) is 1. The van der Waals surface area contributed by atoms with Crippen molar-refractivity contribution in [1.82, 2.24) is 14.8 Å². The van der Waals surface area contributed by atoms with Crippen LogP contribution >= 0.6 is 0 Å². The van der Waals surface area contributed by atoms with E-state index in [0.717, 1.165) is 25.3 Å². The monoisotopic (exact) mass is 321 g/mol. The molecule has 2 heterocycles. The Hall–Kier alpha value is -2.91. The summed E-state index contributed by atoms with van der Waals surface area (Å²) in [6, 6.07) is 14.9. The normalized spacial score (nSPS) is 14.9. The predicted molar refractivity (Wildman–Crippen MR) is 91.3 cm³/mol. The molecule has 122 valence electrons. The Morgan fingerprint density at radius 1 is 1.12 bits per heavy atom. The molecule has 0 unspecified atom stereocenters. The highest BCUT2D eigenvalue weighted by Gasteiger charge is 2.21. The number of nitrogens with zero attached hydrogens (tertiary/aromatic N) is 4. The molecule has 2 aromatic rings. The van der Waals surface area contributed by atoms with Crippen molar-refractivity contribution in [3.8, 4) is 6.07 Å². The van der Waals surface area contributed by atoms with Crippen molar-refractivity contribution in [3.05, 3.63) is 59.9 Å². The van der Waals surface area contributed by atoms with E-state index in [-0.39, 0.29) is 6.03 Å². The molecule has 24 heavy (non-hydrogen) atoms. The minimum Gasteiger partial charge on any atom is -0.322 e. The maximum atomic E-state index is 12.4. The second-order valence-electron chi connectivity index (χ2n) is 5.67. The van der Waals surface area contributed by atoms with Gasteiger partial charge in [0.25, 0.3) is 0 Å². The van der Waals surface area contributed by atoms with Crippen LogP contribution in [0.3, 0.4) is 0 Å². The molecule has 1 fully saturated rings. The van der Waals surface area contributed by atoms with Crippen LogP contribution in [0, 0.1) is 11.3 Å². The van der Waals surface area contributed by atoms with Crippen LogP contribution in [0.1, 0.15) is 11.3 Å². The first-order valence-electron chi connectivity index (χ1n) is 7.93. The van der Waals surface area contributed by atoms with E-state index in [4.69, 9.17) is 5.26 Å². The SMILES string of the molecule is N#Cc1ccccc1NC(=O)N1CCN(Cc2ccccn2)CC1. The number of amides is 2. The molecule has 1 aromatic carbocycles. The average Bonchev–Trinajstić information content (AvgIpc) is 2.63. The number of pyridine rings is 1. The zero-order chi connectivity index (χ0) is 16.8. The lowest BCUT2D eigenvalue weighted by molar-refractivity contribution is 0.142. The topological polar surface area (TPSA) is 72.3 Å². The molecule has 6 nitrogen and oxygen atoms in total. The molecule has 0 saturated carbocycles.